The molecule has 316 valence electrons. The first-order chi connectivity index (χ1) is 27.3. The fourth-order valence-corrected chi connectivity index (χ4v) is 7.39. The SMILES string of the molecule is CC(C)(C)[C@H](c1cc(-c2cc(F)ccc2F)cn1Cc1ccccc1)N(CC[C@H](N)C(=O)NCCCC(=O)CCC(=O)CC(SC[C@H](N)C(=O)O)C(=O)O)C(=O)CO. The third kappa shape index (κ3) is 14.4. The number of carboxylic acid groups (broad SMARTS) is 2. The first kappa shape index (κ1) is 47.4. The van der Waals surface area contributed by atoms with Crippen molar-refractivity contribution < 1.29 is 52.9 Å². The molecular weight excluding hydrogens is 777 g/mol. The molecule has 0 aliphatic carbocycles. The van der Waals surface area contributed by atoms with Crippen LogP contribution in [0.1, 0.15) is 76.6 Å². The Balaban J connectivity index is 1.64. The molecule has 0 radical (unpaired) electrons. The van der Waals surface area contributed by atoms with Crippen molar-refractivity contribution >= 4 is 47.1 Å². The summed E-state index contributed by atoms with van der Waals surface area (Å²) in [6, 6.07) is 11.2. The standard InChI is InChI=1S/C41H53F2N5O9S/c1-41(2,3)37(34-18-26(30-19-27(42)11-14-31(30)43)22-47(34)21-25-8-5-4-6-9-25)48(36(52)23-49)17-15-32(44)38(53)46-16-7-10-28(50)12-13-29(51)20-35(40(56)57)58-24-33(45)39(54)55/h4-6,8-9,11,14,18-19,22,32-33,35,37,49H,7,10,12-13,15-17,20-21,23-24,44-45H2,1-3H3,(H,46,53)(H,54,55)(H,56,57)/t32-,33-,35?,37-/m0/s1. The highest BCUT2D eigenvalue weighted by molar-refractivity contribution is 8.00. The number of carbonyl (C=O) groups excluding carboxylic acids is 4. The van der Waals surface area contributed by atoms with Crippen molar-refractivity contribution in [1.82, 2.24) is 14.8 Å². The van der Waals surface area contributed by atoms with E-state index in [2.05, 4.69) is 5.32 Å². The highest BCUT2D eigenvalue weighted by atomic mass is 32.2. The van der Waals surface area contributed by atoms with Crippen LogP contribution >= 0.6 is 11.8 Å². The molecule has 14 nitrogen and oxygen atoms in total. The second-order valence-electron chi connectivity index (χ2n) is 15.1. The lowest BCUT2D eigenvalue weighted by molar-refractivity contribution is -0.140. The first-order valence-corrected chi connectivity index (χ1v) is 19.9. The molecule has 58 heavy (non-hydrogen) atoms. The highest BCUT2D eigenvalue weighted by Crippen LogP contribution is 2.41. The molecule has 0 saturated carbocycles. The van der Waals surface area contributed by atoms with E-state index in [0.717, 1.165) is 35.5 Å². The van der Waals surface area contributed by atoms with E-state index in [1.165, 1.54) is 4.90 Å². The molecule has 4 atom stereocenters. The number of aliphatic carboxylic acids is 2. The molecule has 1 heterocycles. The van der Waals surface area contributed by atoms with Gasteiger partial charge in [-0.05, 0) is 48.1 Å². The van der Waals surface area contributed by atoms with Crippen LogP contribution in [0, 0.1) is 17.0 Å². The number of aliphatic hydroxyl groups excluding tert-OH is 1. The predicted octanol–water partition coefficient (Wildman–Crippen LogP) is 3.91. The molecule has 0 fully saturated rings. The fourth-order valence-electron chi connectivity index (χ4n) is 6.36. The number of nitrogens with zero attached hydrogens (tertiary/aromatic N) is 2. The molecule has 2 aromatic carbocycles. The number of aliphatic hydroxyl groups is 1. The van der Waals surface area contributed by atoms with E-state index in [1.807, 2.05) is 55.7 Å². The lowest BCUT2D eigenvalue weighted by atomic mass is 9.82. The molecule has 17 heteroatoms. The molecule has 8 N–H and O–H groups in total. The number of aromatic nitrogens is 1. The van der Waals surface area contributed by atoms with Gasteiger partial charge in [-0.3, -0.25) is 28.8 Å². The van der Waals surface area contributed by atoms with Gasteiger partial charge in [-0.2, -0.15) is 0 Å². The maximum Gasteiger partial charge on any atom is 0.321 e. The number of thioether (sulfide) groups is 1. The molecule has 3 aromatic rings. The Bertz CT molecular complexity index is 1900. The maximum absolute atomic E-state index is 15.0. The predicted molar refractivity (Wildman–Crippen MR) is 215 cm³/mol. The van der Waals surface area contributed by atoms with Crippen molar-refractivity contribution in [2.45, 2.75) is 89.2 Å². The molecule has 0 aliphatic heterocycles. The molecule has 1 aromatic heterocycles. The summed E-state index contributed by atoms with van der Waals surface area (Å²) in [6.45, 7) is 5.23. The molecule has 1 unspecified atom stereocenters. The zero-order valence-corrected chi connectivity index (χ0v) is 33.7. The van der Waals surface area contributed by atoms with Gasteiger partial charge in [0.15, 0.2) is 0 Å². The van der Waals surface area contributed by atoms with Gasteiger partial charge in [0.05, 0.1) is 12.1 Å². The van der Waals surface area contributed by atoms with Crippen LogP contribution in [-0.2, 0) is 35.3 Å². The number of carboxylic acids is 2. The minimum atomic E-state index is -1.29. The van der Waals surface area contributed by atoms with E-state index >= 15 is 4.39 Å². The number of rotatable bonds is 24. The first-order valence-electron chi connectivity index (χ1n) is 18.8. The van der Waals surface area contributed by atoms with Crippen LogP contribution < -0.4 is 16.8 Å². The van der Waals surface area contributed by atoms with E-state index in [9.17, 15) is 43.4 Å². The van der Waals surface area contributed by atoms with Crippen LogP contribution in [0.4, 0.5) is 8.78 Å². The van der Waals surface area contributed by atoms with Crippen molar-refractivity contribution in [3.8, 4) is 11.1 Å². The Morgan fingerprint density at radius 2 is 1.57 bits per heavy atom. The van der Waals surface area contributed by atoms with Gasteiger partial charge in [-0.1, -0.05) is 51.1 Å². The number of hydrogen-bond acceptors (Lipinski definition) is 10. The summed E-state index contributed by atoms with van der Waals surface area (Å²) in [5, 5.41) is 29.8. The van der Waals surface area contributed by atoms with Gasteiger partial charge < -0.3 is 41.6 Å². The zero-order chi connectivity index (χ0) is 43.2. The number of hydrogen-bond donors (Lipinski definition) is 6. The van der Waals surface area contributed by atoms with Gasteiger partial charge in [-0.25, -0.2) is 8.78 Å². The molecular formula is C41H53F2N5O9S. The van der Waals surface area contributed by atoms with Crippen molar-refractivity contribution in [1.29, 1.82) is 0 Å². The summed E-state index contributed by atoms with van der Waals surface area (Å²) < 4.78 is 31.2. The summed E-state index contributed by atoms with van der Waals surface area (Å²) >= 11 is 0.745. The Morgan fingerprint density at radius 1 is 0.897 bits per heavy atom. The van der Waals surface area contributed by atoms with E-state index < -0.39 is 76.6 Å². The lowest BCUT2D eigenvalue weighted by Gasteiger charge is -2.41. The van der Waals surface area contributed by atoms with Crippen LogP contribution in [0.2, 0.25) is 0 Å². The third-order valence-electron chi connectivity index (χ3n) is 9.35. The zero-order valence-electron chi connectivity index (χ0n) is 32.9. The highest BCUT2D eigenvalue weighted by Gasteiger charge is 2.37. The third-order valence-corrected chi connectivity index (χ3v) is 10.7. The topological polar surface area (TPSA) is 235 Å². The molecule has 0 spiro atoms. The monoisotopic (exact) mass is 829 g/mol. The van der Waals surface area contributed by atoms with Crippen LogP contribution in [0.15, 0.2) is 60.8 Å². The van der Waals surface area contributed by atoms with E-state index in [-0.39, 0.29) is 68.7 Å². The van der Waals surface area contributed by atoms with Crippen molar-refractivity contribution in [3.63, 3.8) is 0 Å². The molecule has 0 saturated heterocycles. The number of benzene rings is 2. The fraction of sp³-hybridized carbons (Fsp3) is 0.463. The van der Waals surface area contributed by atoms with Crippen LogP contribution in [0.5, 0.6) is 0 Å². The second-order valence-corrected chi connectivity index (χ2v) is 16.3. The number of carbonyl (C=O) groups is 6. The Kier molecular flexibility index (Phi) is 18.2. The minimum Gasteiger partial charge on any atom is -0.480 e. The smallest absolute Gasteiger partial charge is 0.321 e. The van der Waals surface area contributed by atoms with Gasteiger partial charge in [0.25, 0.3) is 0 Å². The summed E-state index contributed by atoms with van der Waals surface area (Å²) in [4.78, 5) is 75.0. The van der Waals surface area contributed by atoms with Crippen molar-refractivity contribution in [3.05, 3.63) is 83.7 Å². The molecule has 3 rings (SSSR count). The number of nitrogens with one attached hydrogen (secondary N) is 1. The average Bonchev–Trinajstić information content (AvgIpc) is 3.57. The molecule has 2 amide bonds. The summed E-state index contributed by atoms with van der Waals surface area (Å²) in [5.74, 6) is -5.94. The maximum atomic E-state index is 15.0. The minimum absolute atomic E-state index is 0.00611. The van der Waals surface area contributed by atoms with Gasteiger partial charge in [-0.15, -0.1) is 11.8 Å². The summed E-state index contributed by atoms with van der Waals surface area (Å²) in [6.07, 6.45) is 1.25. The van der Waals surface area contributed by atoms with Crippen LogP contribution in [0.25, 0.3) is 11.1 Å². The molecule has 0 bridgehead atoms. The second kappa shape index (κ2) is 22.3. The van der Waals surface area contributed by atoms with Crippen molar-refractivity contribution in [2.24, 2.45) is 16.9 Å². The molecule has 0 aliphatic rings. The largest absolute Gasteiger partial charge is 0.480 e. The number of halogens is 2. The Labute approximate surface area is 340 Å². The van der Waals surface area contributed by atoms with Gasteiger partial charge in [0, 0.05) is 74.1 Å². The van der Waals surface area contributed by atoms with Gasteiger partial charge in [0.1, 0.15) is 41.1 Å². The summed E-state index contributed by atoms with van der Waals surface area (Å²) in [7, 11) is 0. The van der Waals surface area contributed by atoms with Gasteiger partial charge >= 0.3 is 11.9 Å². The van der Waals surface area contributed by atoms with Crippen LogP contribution in [-0.4, -0.2) is 103 Å². The lowest BCUT2D eigenvalue weighted by Crippen LogP contribution is -2.47. The quantitative estimate of drug-likeness (QED) is 0.0706. The average molecular weight is 830 g/mol. The Hall–Kier alpha value is -4.97. The van der Waals surface area contributed by atoms with E-state index in [0.29, 0.717) is 17.8 Å². The number of amides is 2. The van der Waals surface area contributed by atoms with E-state index in [1.54, 1.807) is 12.3 Å². The number of Topliss-reactive ketones (excluding diaryl/α,β-unsaturated/α-hetero) is 2. The Morgan fingerprint density at radius 3 is 2.19 bits per heavy atom. The number of nitrogens with two attached hydrogens (primary N) is 2. The van der Waals surface area contributed by atoms with Crippen molar-refractivity contribution in [2.75, 3.05) is 25.4 Å². The summed E-state index contributed by atoms with van der Waals surface area (Å²) in [5.41, 5.74) is 12.9. The van der Waals surface area contributed by atoms with E-state index in [4.69, 9.17) is 16.6 Å². The normalized spacial score (nSPS) is 13.6. The number of ketones is 2. The van der Waals surface area contributed by atoms with Gasteiger partial charge in [0.2, 0.25) is 11.8 Å². The van der Waals surface area contributed by atoms with Crippen LogP contribution in [0.3, 0.4) is 0 Å².